The number of fused-ring (bicyclic) bond motifs is 3. The largest absolute Gasteiger partial charge is 0.341 e. The van der Waals surface area contributed by atoms with Gasteiger partial charge in [0.25, 0.3) is 0 Å². The Balaban J connectivity index is 1.56. The molecule has 4 aromatic rings. The van der Waals surface area contributed by atoms with Gasteiger partial charge in [-0.3, -0.25) is 9.56 Å². The van der Waals surface area contributed by atoms with Gasteiger partial charge in [-0.15, -0.1) is 0 Å². The zero-order chi connectivity index (χ0) is 27.7. The van der Waals surface area contributed by atoms with Crippen molar-refractivity contribution in [2.75, 3.05) is 25.9 Å². The third-order valence-electron chi connectivity index (χ3n) is 6.75. The minimum atomic E-state index is -3.02. The molecule has 0 bridgehead atoms. The van der Waals surface area contributed by atoms with Crippen molar-refractivity contribution in [3.63, 3.8) is 0 Å². The fourth-order valence-corrected chi connectivity index (χ4v) is 6.60. The first-order chi connectivity index (χ1) is 19.0. The van der Waals surface area contributed by atoms with Gasteiger partial charge in [-0.05, 0) is 80.7 Å². The number of hydrogen-bond donors (Lipinski definition) is 0. The van der Waals surface area contributed by atoms with E-state index in [0.29, 0.717) is 32.3 Å². The number of aliphatic imine (C=N–C) groups is 1. The molecule has 0 N–H and O–H groups in total. The molecule has 204 valence electrons. The standard InChI is InChI=1S/C33H39N2O3P/c1-5-35-32-16-11-10-15-30(32)31-25-27(18-20-33(31)35)17-19-28(29-14-9-8-13-26(29)4)21-23-34-22-12-24-39(36,37-6-2)38-7-3/h8-11,13-21,23,25H,5-7,12,22,24H2,1-4H3/b19-17?,28-21-,34-23+. The van der Waals surface area contributed by atoms with Crippen LogP contribution >= 0.6 is 7.60 Å². The van der Waals surface area contributed by atoms with Gasteiger partial charge in [-0.2, -0.15) is 0 Å². The Morgan fingerprint density at radius 1 is 0.923 bits per heavy atom. The van der Waals surface area contributed by atoms with E-state index in [1.807, 2.05) is 26.1 Å². The summed E-state index contributed by atoms with van der Waals surface area (Å²) in [6.07, 6.45) is 9.23. The summed E-state index contributed by atoms with van der Waals surface area (Å²) < 4.78 is 25.8. The number of hydrogen-bond acceptors (Lipinski definition) is 4. The smallest absolute Gasteiger partial charge is 0.330 e. The first kappa shape index (κ1) is 28.8. The zero-order valence-electron chi connectivity index (χ0n) is 23.5. The van der Waals surface area contributed by atoms with Gasteiger partial charge in [-0.25, -0.2) is 0 Å². The van der Waals surface area contributed by atoms with Crippen molar-refractivity contribution in [1.82, 2.24) is 4.57 Å². The maximum absolute atomic E-state index is 12.7. The summed E-state index contributed by atoms with van der Waals surface area (Å²) in [5, 5.41) is 2.55. The molecule has 3 aromatic carbocycles. The predicted octanol–water partition coefficient (Wildman–Crippen LogP) is 8.95. The van der Waals surface area contributed by atoms with Gasteiger partial charge in [0.15, 0.2) is 0 Å². The Kier molecular flexibility index (Phi) is 10.1. The minimum absolute atomic E-state index is 0.372. The van der Waals surface area contributed by atoms with Crippen LogP contribution in [0.15, 0.2) is 83.9 Å². The number of benzene rings is 3. The van der Waals surface area contributed by atoms with Gasteiger partial charge in [0.1, 0.15) is 0 Å². The predicted molar refractivity (Wildman–Crippen MR) is 167 cm³/mol. The van der Waals surface area contributed by atoms with Gasteiger partial charge >= 0.3 is 7.60 Å². The number of aryl methyl sites for hydroxylation is 2. The fourth-order valence-electron chi connectivity index (χ4n) is 4.96. The number of rotatable bonds is 13. The van der Waals surface area contributed by atoms with E-state index in [9.17, 15) is 4.57 Å². The van der Waals surface area contributed by atoms with Crippen LogP contribution < -0.4 is 0 Å². The second-order valence-corrected chi connectivity index (χ2v) is 11.6. The molecule has 0 atom stereocenters. The Labute approximate surface area is 232 Å². The van der Waals surface area contributed by atoms with Gasteiger partial charge in [0, 0.05) is 41.1 Å². The lowest BCUT2D eigenvalue weighted by molar-refractivity contribution is 0.220. The van der Waals surface area contributed by atoms with Crippen LogP contribution in [0.2, 0.25) is 0 Å². The van der Waals surface area contributed by atoms with Crippen LogP contribution in [0.25, 0.3) is 33.5 Å². The summed E-state index contributed by atoms with van der Waals surface area (Å²) in [6, 6.07) is 23.7. The summed E-state index contributed by atoms with van der Waals surface area (Å²) in [7, 11) is -3.02. The molecule has 39 heavy (non-hydrogen) atoms. The van der Waals surface area contributed by atoms with Crippen LogP contribution in [0.3, 0.4) is 0 Å². The lowest BCUT2D eigenvalue weighted by atomic mass is 9.99. The quantitative estimate of drug-likeness (QED) is 0.0733. The van der Waals surface area contributed by atoms with Crippen LogP contribution in [0.5, 0.6) is 0 Å². The van der Waals surface area contributed by atoms with Crippen molar-refractivity contribution in [3.8, 4) is 0 Å². The third-order valence-corrected chi connectivity index (χ3v) is 8.92. The van der Waals surface area contributed by atoms with E-state index < -0.39 is 7.60 Å². The maximum atomic E-state index is 12.7. The average Bonchev–Trinajstić information content (AvgIpc) is 3.26. The highest BCUT2D eigenvalue weighted by atomic mass is 31.2. The van der Waals surface area contributed by atoms with Crippen LogP contribution in [-0.4, -0.2) is 36.7 Å². The number of nitrogens with zero attached hydrogens (tertiary/aromatic N) is 2. The van der Waals surface area contributed by atoms with Crippen molar-refractivity contribution < 1.29 is 13.6 Å². The Morgan fingerprint density at radius 2 is 1.64 bits per heavy atom. The average molecular weight is 543 g/mol. The highest BCUT2D eigenvalue weighted by Crippen LogP contribution is 2.48. The topological polar surface area (TPSA) is 52.8 Å². The van der Waals surface area contributed by atoms with Crippen molar-refractivity contribution in [3.05, 3.63) is 95.6 Å². The van der Waals surface area contributed by atoms with E-state index in [2.05, 4.69) is 102 Å². The Morgan fingerprint density at radius 3 is 2.38 bits per heavy atom. The molecule has 5 nitrogen and oxygen atoms in total. The lowest BCUT2D eigenvalue weighted by Gasteiger charge is -2.16. The lowest BCUT2D eigenvalue weighted by Crippen LogP contribution is -2.01. The van der Waals surface area contributed by atoms with Crippen molar-refractivity contribution >= 4 is 47.3 Å². The molecule has 0 fully saturated rings. The molecule has 1 heterocycles. The molecule has 0 aliphatic rings. The van der Waals surface area contributed by atoms with E-state index in [1.165, 1.54) is 32.9 Å². The molecule has 6 heteroatoms. The second kappa shape index (κ2) is 13.7. The Bertz CT molecular complexity index is 1540. The fraction of sp³-hybridized carbons (Fsp3) is 0.303. The van der Waals surface area contributed by atoms with Crippen molar-refractivity contribution in [1.29, 1.82) is 0 Å². The minimum Gasteiger partial charge on any atom is -0.341 e. The molecular formula is C33H39N2O3P. The highest BCUT2D eigenvalue weighted by Gasteiger charge is 2.22. The molecule has 0 saturated carbocycles. The van der Waals surface area contributed by atoms with Gasteiger partial charge in [0.2, 0.25) is 0 Å². The molecular weight excluding hydrogens is 503 g/mol. The molecule has 0 radical (unpaired) electrons. The summed E-state index contributed by atoms with van der Waals surface area (Å²) in [5.41, 5.74) is 7.14. The van der Waals surface area contributed by atoms with E-state index in [-0.39, 0.29) is 0 Å². The monoisotopic (exact) mass is 542 g/mol. The van der Waals surface area contributed by atoms with E-state index in [0.717, 1.165) is 17.7 Å². The van der Waals surface area contributed by atoms with Crippen LogP contribution in [0.4, 0.5) is 0 Å². The van der Waals surface area contributed by atoms with Crippen LogP contribution in [0, 0.1) is 6.92 Å². The first-order valence-electron chi connectivity index (χ1n) is 13.8. The molecule has 1 aromatic heterocycles. The van der Waals surface area contributed by atoms with E-state index in [4.69, 9.17) is 9.05 Å². The van der Waals surface area contributed by atoms with Gasteiger partial charge < -0.3 is 13.6 Å². The van der Waals surface area contributed by atoms with Gasteiger partial charge in [0.05, 0.1) is 19.4 Å². The summed E-state index contributed by atoms with van der Waals surface area (Å²) in [6.45, 7) is 10.2. The molecule has 0 saturated heterocycles. The maximum Gasteiger partial charge on any atom is 0.330 e. The van der Waals surface area contributed by atoms with E-state index in [1.54, 1.807) is 0 Å². The molecule has 0 unspecified atom stereocenters. The summed E-state index contributed by atoms with van der Waals surface area (Å²) in [4.78, 5) is 4.56. The molecule has 0 aliphatic carbocycles. The SMILES string of the molecule is CCOP(=O)(CCC/N=C/C=C(/C=Cc1ccc2c(c1)c1ccccc1n2CC)c1ccccc1C)OCC. The Hall–Kier alpha value is -3.24. The van der Waals surface area contributed by atoms with Crippen molar-refractivity contribution in [2.24, 2.45) is 4.99 Å². The first-order valence-corrected chi connectivity index (χ1v) is 15.6. The van der Waals surface area contributed by atoms with Gasteiger partial charge in [-0.1, -0.05) is 60.7 Å². The second-order valence-electron chi connectivity index (χ2n) is 9.39. The third kappa shape index (κ3) is 7.05. The number of para-hydroxylation sites is 1. The number of allylic oxidation sites excluding steroid dienone is 3. The normalized spacial score (nSPS) is 13.0. The van der Waals surface area contributed by atoms with Crippen molar-refractivity contribution in [2.45, 2.75) is 40.7 Å². The summed E-state index contributed by atoms with van der Waals surface area (Å²) >= 11 is 0. The molecule has 0 spiro atoms. The van der Waals surface area contributed by atoms with Crippen LogP contribution in [0.1, 0.15) is 43.9 Å². The zero-order valence-corrected chi connectivity index (χ0v) is 24.4. The highest BCUT2D eigenvalue weighted by molar-refractivity contribution is 7.53. The van der Waals surface area contributed by atoms with E-state index >= 15 is 0 Å². The van der Waals surface area contributed by atoms with Crippen LogP contribution in [-0.2, 0) is 20.2 Å². The number of aromatic nitrogens is 1. The summed E-state index contributed by atoms with van der Waals surface area (Å²) in [5.74, 6) is 0. The molecule has 0 aliphatic heterocycles. The molecule has 0 amide bonds. The molecule has 4 rings (SSSR count).